The number of phenols is 1. The van der Waals surface area contributed by atoms with Crippen molar-refractivity contribution in [3.8, 4) is 11.5 Å². The van der Waals surface area contributed by atoms with Gasteiger partial charge in [-0.15, -0.1) is 0 Å². The van der Waals surface area contributed by atoms with Crippen LogP contribution in [0.4, 0.5) is 0 Å². The number of benzene rings is 1. The number of hydrogen-bond donors (Lipinski definition) is 2. The lowest BCUT2D eigenvalue weighted by Gasteiger charge is -2.06. The van der Waals surface area contributed by atoms with Crippen molar-refractivity contribution < 1.29 is 14.6 Å². The van der Waals surface area contributed by atoms with E-state index < -0.39 is 0 Å². The highest BCUT2D eigenvalue weighted by Gasteiger charge is 2.22. The van der Waals surface area contributed by atoms with Gasteiger partial charge in [-0.1, -0.05) is 24.0 Å². The number of thioether (sulfide) groups is 1. The summed E-state index contributed by atoms with van der Waals surface area (Å²) in [5.41, 5.74) is 0.774. The zero-order chi connectivity index (χ0) is 13.3. The minimum absolute atomic E-state index is 0.0966. The molecule has 1 amide bonds. The monoisotopic (exact) mass is 393 g/mol. The summed E-state index contributed by atoms with van der Waals surface area (Å²) in [5, 5.41) is 12.3. The summed E-state index contributed by atoms with van der Waals surface area (Å²) in [6, 6.07) is 3.43. The van der Waals surface area contributed by atoms with E-state index in [4.69, 9.17) is 17.0 Å². The number of carbonyl (C=O) groups excluding carboxylic acids is 1. The lowest BCUT2D eigenvalue weighted by molar-refractivity contribution is -0.115. The van der Waals surface area contributed by atoms with Crippen molar-refractivity contribution >= 4 is 62.9 Å². The minimum atomic E-state index is -0.202. The second kappa shape index (κ2) is 5.45. The van der Waals surface area contributed by atoms with E-state index in [1.54, 1.807) is 18.2 Å². The first-order valence-corrected chi connectivity index (χ1v) is 7.13. The van der Waals surface area contributed by atoms with Gasteiger partial charge in [0.1, 0.15) is 4.32 Å². The van der Waals surface area contributed by atoms with E-state index in [-0.39, 0.29) is 11.7 Å². The fourth-order valence-electron chi connectivity index (χ4n) is 1.41. The van der Waals surface area contributed by atoms with Crippen molar-refractivity contribution in [2.24, 2.45) is 0 Å². The van der Waals surface area contributed by atoms with Gasteiger partial charge in [-0.25, -0.2) is 0 Å². The molecule has 1 heterocycles. The zero-order valence-corrected chi connectivity index (χ0v) is 13.0. The highest BCUT2D eigenvalue weighted by molar-refractivity contribution is 14.1. The molecule has 1 aromatic carbocycles. The SMILES string of the molecule is COc1cc(C=C2SC(=S)NC2=O)cc(I)c1O. The Kier molecular flexibility index (Phi) is 4.13. The van der Waals surface area contributed by atoms with Gasteiger partial charge < -0.3 is 15.2 Å². The Morgan fingerprint density at radius 3 is 2.83 bits per heavy atom. The van der Waals surface area contributed by atoms with Crippen molar-refractivity contribution in [3.63, 3.8) is 0 Å². The summed E-state index contributed by atoms with van der Waals surface area (Å²) in [4.78, 5) is 12.1. The van der Waals surface area contributed by atoms with Crippen molar-refractivity contribution in [2.45, 2.75) is 0 Å². The standard InChI is InChI=1S/C11H8INO3S2/c1-16-7-3-5(2-6(12)9(7)14)4-8-10(15)13-11(17)18-8/h2-4,14H,1H3,(H,13,15,17). The molecular formula is C11H8INO3S2. The van der Waals surface area contributed by atoms with E-state index in [9.17, 15) is 9.90 Å². The highest BCUT2D eigenvalue weighted by atomic mass is 127. The number of hydrogen-bond acceptors (Lipinski definition) is 5. The van der Waals surface area contributed by atoms with Crippen molar-refractivity contribution in [2.75, 3.05) is 7.11 Å². The normalized spacial score (nSPS) is 17.1. The van der Waals surface area contributed by atoms with Crippen molar-refractivity contribution in [3.05, 3.63) is 26.2 Å². The molecule has 0 radical (unpaired) electrons. The van der Waals surface area contributed by atoms with Crippen LogP contribution in [0.1, 0.15) is 5.56 Å². The molecule has 0 spiro atoms. The van der Waals surface area contributed by atoms with Gasteiger partial charge in [-0.2, -0.15) is 0 Å². The van der Waals surface area contributed by atoms with E-state index >= 15 is 0 Å². The van der Waals surface area contributed by atoms with E-state index in [0.717, 1.165) is 5.56 Å². The number of halogens is 1. The molecule has 4 nitrogen and oxygen atoms in total. The van der Waals surface area contributed by atoms with E-state index in [1.807, 2.05) is 22.6 Å². The first-order chi connectivity index (χ1) is 8.51. The Balaban J connectivity index is 2.41. The Bertz CT molecular complexity index is 572. The molecule has 94 valence electrons. The molecule has 2 rings (SSSR count). The Hall–Kier alpha value is -0.800. The molecule has 0 atom stereocenters. The van der Waals surface area contributed by atoms with Crippen LogP contribution in [0, 0.1) is 3.57 Å². The summed E-state index contributed by atoms with van der Waals surface area (Å²) in [7, 11) is 1.48. The summed E-state index contributed by atoms with van der Waals surface area (Å²) in [6.07, 6.45) is 1.71. The molecule has 18 heavy (non-hydrogen) atoms. The molecule has 1 fully saturated rings. The number of ether oxygens (including phenoxy) is 1. The molecule has 1 aromatic rings. The van der Waals surface area contributed by atoms with Crippen LogP contribution in [0.5, 0.6) is 11.5 Å². The van der Waals surface area contributed by atoms with E-state index in [2.05, 4.69) is 5.32 Å². The average Bonchev–Trinajstić information content (AvgIpc) is 2.62. The second-order valence-electron chi connectivity index (χ2n) is 3.41. The Morgan fingerprint density at radius 1 is 1.56 bits per heavy atom. The molecule has 1 aliphatic heterocycles. The lowest BCUT2D eigenvalue weighted by Crippen LogP contribution is -2.17. The second-order valence-corrected chi connectivity index (χ2v) is 6.29. The number of nitrogens with one attached hydrogen (secondary N) is 1. The molecular weight excluding hydrogens is 385 g/mol. The van der Waals surface area contributed by atoms with Crippen LogP contribution in [0.15, 0.2) is 17.0 Å². The molecule has 2 N–H and O–H groups in total. The third-order valence-corrected chi connectivity index (χ3v) is 4.20. The van der Waals surface area contributed by atoms with Gasteiger partial charge in [-0.3, -0.25) is 4.79 Å². The van der Waals surface area contributed by atoms with E-state index in [1.165, 1.54) is 18.9 Å². The Labute approximate surface area is 127 Å². The van der Waals surface area contributed by atoms with Gasteiger partial charge in [0.2, 0.25) is 0 Å². The van der Waals surface area contributed by atoms with Crippen LogP contribution in [0.3, 0.4) is 0 Å². The third-order valence-electron chi connectivity index (χ3n) is 2.21. The summed E-state index contributed by atoms with van der Waals surface area (Å²) in [5.74, 6) is 0.270. The van der Waals surface area contributed by atoms with Crippen molar-refractivity contribution in [1.82, 2.24) is 5.32 Å². The van der Waals surface area contributed by atoms with Crippen LogP contribution >= 0.6 is 46.6 Å². The van der Waals surface area contributed by atoms with Crippen molar-refractivity contribution in [1.29, 1.82) is 0 Å². The number of amides is 1. The molecule has 0 saturated carbocycles. The number of phenolic OH excluding ortho intramolecular Hbond substituents is 1. The summed E-state index contributed by atoms with van der Waals surface area (Å²) < 4.78 is 6.17. The van der Waals surface area contributed by atoms with Crippen LogP contribution in [-0.2, 0) is 4.79 Å². The fraction of sp³-hybridized carbons (Fsp3) is 0.0909. The van der Waals surface area contributed by atoms with Crippen LogP contribution in [0.2, 0.25) is 0 Å². The predicted octanol–water partition coefficient (Wildman–Crippen LogP) is 2.49. The fourth-order valence-corrected chi connectivity index (χ4v) is 3.07. The topological polar surface area (TPSA) is 58.6 Å². The third kappa shape index (κ3) is 2.78. The molecule has 1 saturated heterocycles. The highest BCUT2D eigenvalue weighted by Crippen LogP contribution is 2.34. The first kappa shape index (κ1) is 13.6. The van der Waals surface area contributed by atoms with Gasteiger partial charge in [0.05, 0.1) is 15.6 Å². The molecule has 0 aliphatic carbocycles. The average molecular weight is 393 g/mol. The number of thiocarbonyl (C=S) groups is 1. The summed E-state index contributed by atoms with van der Waals surface area (Å²) >= 11 is 8.13. The number of methoxy groups -OCH3 is 1. The van der Waals surface area contributed by atoms with Gasteiger partial charge >= 0.3 is 0 Å². The van der Waals surface area contributed by atoms with Gasteiger partial charge in [0.25, 0.3) is 5.91 Å². The van der Waals surface area contributed by atoms with Gasteiger partial charge in [0, 0.05) is 0 Å². The predicted molar refractivity (Wildman–Crippen MR) is 83.7 cm³/mol. The van der Waals surface area contributed by atoms with Gasteiger partial charge in [0.15, 0.2) is 11.5 Å². The maximum atomic E-state index is 11.5. The zero-order valence-electron chi connectivity index (χ0n) is 9.19. The molecule has 0 aromatic heterocycles. The minimum Gasteiger partial charge on any atom is -0.504 e. The Morgan fingerprint density at radius 2 is 2.28 bits per heavy atom. The first-order valence-electron chi connectivity index (χ1n) is 4.82. The molecule has 1 aliphatic rings. The smallest absolute Gasteiger partial charge is 0.263 e. The lowest BCUT2D eigenvalue weighted by atomic mass is 10.2. The van der Waals surface area contributed by atoms with Crippen LogP contribution in [-0.4, -0.2) is 22.4 Å². The van der Waals surface area contributed by atoms with Gasteiger partial charge in [-0.05, 0) is 46.4 Å². The number of rotatable bonds is 2. The molecule has 0 unspecified atom stereocenters. The maximum Gasteiger partial charge on any atom is 0.263 e. The summed E-state index contributed by atoms with van der Waals surface area (Å²) in [6.45, 7) is 0. The largest absolute Gasteiger partial charge is 0.504 e. The van der Waals surface area contributed by atoms with Crippen LogP contribution < -0.4 is 10.1 Å². The molecule has 0 bridgehead atoms. The van der Waals surface area contributed by atoms with E-state index in [0.29, 0.717) is 18.5 Å². The number of aromatic hydroxyl groups is 1. The maximum absolute atomic E-state index is 11.5. The van der Waals surface area contributed by atoms with Crippen LogP contribution in [0.25, 0.3) is 6.08 Å². The quantitative estimate of drug-likeness (QED) is 0.460. The number of carbonyl (C=O) groups is 1. The molecule has 7 heteroatoms.